The van der Waals surface area contributed by atoms with Crippen molar-refractivity contribution in [2.24, 2.45) is 0 Å². The molecule has 1 aromatic carbocycles. The van der Waals surface area contributed by atoms with E-state index in [1.165, 1.54) is 13.0 Å². The lowest BCUT2D eigenvalue weighted by molar-refractivity contribution is -0.114. The van der Waals surface area contributed by atoms with Crippen molar-refractivity contribution in [1.82, 2.24) is 19.5 Å². The average Bonchev–Trinajstić information content (AvgIpc) is 3.69. The molecule has 0 spiro atoms. The minimum absolute atomic E-state index is 0.0789. The fourth-order valence-corrected chi connectivity index (χ4v) is 4.86. The van der Waals surface area contributed by atoms with E-state index in [4.69, 9.17) is 11.6 Å². The molecule has 0 aliphatic heterocycles. The number of aromatic nitrogens is 4. The summed E-state index contributed by atoms with van der Waals surface area (Å²) in [6, 6.07) is 9.82. The van der Waals surface area contributed by atoms with Gasteiger partial charge in [-0.2, -0.15) is 0 Å². The molecule has 1 atom stereocenters. The summed E-state index contributed by atoms with van der Waals surface area (Å²) in [6.45, 7) is 8.20. The van der Waals surface area contributed by atoms with Crippen molar-refractivity contribution in [3.05, 3.63) is 104 Å². The molecule has 8 nitrogen and oxygen atoms in total. The van der Waals surface area contributed by atoms with Crippen LogP contribution >= 0.6 is 11.6 Å². The predicted octanol–water partition coefficient (Wildman–Crippen LogP) is 5.47. The predicted molar refractivity (Wildman–Crippen MR) is 152 cm³/mol. The second-order valence-electron chi connectivity index (χ2n) is 10.4. The minimum atomic E-state index is -1.23. The summed E-state index contributed by atoms with van der Waals surface area (Å²) in [5, 5.41) is 12.9. The number of nitrogens with one attached hydrogen (secondary N) is 1. The van der Waals surface area contributed by atoms with Crippen LogP contribution in [0.4, 0.5) is 10.1 Å². The van der Waals surface area contributed by atoms with Crippen LogP contribution in [0.1, 0.15) is 54.9 Å². The lowest BCUT2D eigenvalue weighted by atomic mass is 10.0. The molecule has 3 heterocycles. The second-order valence-corrected chi connectivity index (χ2v) is 10.7. The normalized spacial score (nSPS) is 14.6. The number of hydrogen-bond donors (Lipinski definition) is 2. The van der Waals surface area contributed by atoms with Gasteiger partial charge in [0.1, 0.15) is 16.4 Å². The molecular weight excluding hydrogens is 533 g/mol. The Kier molecular flexibility index (Phi) is 6.89. The average molecular weight is 560 g/mol. The maximum atomic E-state index is 14.1. The molecule has 204 valence electrons. The Morgan fingerprint density at radius 2 is 1.88 bits per heavy atom. The van der Waals surface area contributed by atoms with Crippen LogP contribution in [0, 0.1) is 19.7 Å². The van der Waals surface area contributed by atoms with E-state index in [0.29, 0.717) is 28.3 Å². The third-order valence-corrected chi connectivity index (χ3v) is 7.04. The van der Waals surface area contributed by atoms with Crippen LogP contribution in [0.25, 0.3) is 22.6 Å². The summed E-state index contributed by atoms with van der Waals surface area (Å²) in [7, 11) is 0. The van der Waals surface area contributed by atoms with Crippen LogP contribution in [-0.4, -0.2) is 30.5 Å². The number of hydrogen-bond acceptors (Lipinski definition) is 6. The van der Waals surface area contributed by atoms with Gasteiger partial charge in [0.05, 0.1) is 22.8 Å². The molecule has 0 bridgehead atoms. The Balaban J connectivity index is 1.50. The maximum absolute atomic E-state index is 14.1. The Bertz CT molecular complexity index is 1770. The lowest BCUT2D eigenvalue weighted by Crippen LogP contribution is -2.23. The number of aliphatic hydroxyl groups is 1. The number of allylic oxidation sites excluding steroid dienone is 2. The number of benzene rings is 1. The second kappa shape index (κ2) is 10.1. The number of halogens is 2. The first-order valence-corrected chi connectivity index (χ1v) is 13.0. The molecule has 1 amide bonds. The standard InChI is InChI=1S/C30H27ClFN5O3/c1-15-14-34-25(23-8-9-33-29(36-23)30(4,5)40)13-26(15)37-16(2)10-21(27(31)28(37)39)20-12-19(20)18-6-7-22(32)24(11-18)35-17(3)38/h6-14,20,40H,1-5H3,(H,35,38)/t20-/m0/s1. The summed E-state index contributed by atoms with van der Waals surface area (Å²) in [5.41, 5.74) is 3.81. The Morgan fingerprint density at radius 1 is 1.12 bits per heavy atom. The van der Waals surface area contributed by atoms with Crippen molar-refractivity contribution in [3.63, 3.8) is 0 Å². The first-order valence-electron chi connectivity index (χ1n) is 12.6. The molecule has 2 N–H and O–H groups in total. The van der Waals surface area contributed by atoms with Gasteiger partial charge in [0, 0.05) is 30.9 Å². The summed E-state index contributed by atoms with van der Waals surface area (Å²) in [4.78, 5) is 38.2. The van der Waals surface area contributed by atoms with Gasteiger partial charge in [-0.25, -0.2) is 14.4 Å². The van der Waals surface area contributed by atoms with Gasteiger partial charge in [0.2, 0.25) is 5.91 Å². The van der Waals surface area contributed by atoms with Gasteiger partial charge in [-0.05, 0) is 80.3 Å². The van der Waals surface area contributed by atoms with E-state index >= 15 is 0 Å². The summed E-state index contributed by atoms with van der Waals surface area (Å²) in [6.07, 6.45) is 5.16. The van der Waals surface area contributed by atoms with Crippen molar-refractivity contribution < 1.29 is 14.3 Å². The highest BCUT2D eigenvalue weighted by Crippen LogP contribution is 2.48. The maximum Gasteiger partial charge on any atom is 0.274 e. The zero-order valence-electron chi connectivity index (χ0n) is 22.6. The van der Waals surface area contributed by atoms with Crippen LogP contribution in [0.5, 0.6) is 0 Å². The fraction of sp³-hybridized carbons (Fsp3) is 0.233. The molecule has 10 heteroatoms. The zero-order chi connectivity index (χ0) is 28.9. The van der Waals surface area contributed by atoms with Crippen molar-refractivity contribution >= 4 is 28.8 Å². The van der Waals surface area contributed by atoms with E-state index in [2.05, 4.69) is 20.3 Å². The molecule has 4 aromatic rings. The van der Waals surface area contributed by atoms with Gasteiger partial charge in [0.25, 0.3) is 5.56 Å². The van der Waals surface area contributed by atoms with E-state index in [0.717, 1.165) is 16.7 Å². The van der Waals surface area contributed by atoms with E-state index in [9.17, 15) is 19.1 Å². The molecule has 0 radical (unpaired) electrons. The van der Waals surface area contributed by atoms with Crippen molar-refractivity contribution in [3.8, 4) is 17.1 Å². The fourth-order valence-electron chi connectivity index (χ4n) is 4.61. The topological polar surface area (TPSA) is 110 Å². The van der Waals surface area contributed by atoms with Crippen LogP contribution in [0.2, 0.25) is 5.02 Å². The number of carbonyl (C=O) groups excluding carboxylic acids is 1. The van der Waals surface area contributed by atoms with E-state index < -0.39 is 11.4 Å². The molecule has 40 heavy (non-hydrogen) atoms. The SMILES string of the molecule is CC(=O)Nc1cc(C2=C[C@@H]2c2cc(C)n(-c3cc(-c4ccnc(C(C)(C)O)n4)ncc3C)c(=O)c2Cl)ccc1F. The van der Waals surface area contributed by atoms with Crippen molar-refractivity contribution in [2.45, 2.75) is 46.1 Å². The van der Waals surface area contributed by atoms with Crippen LogP contribution in [0.15, 0.2) is 59.7 Å². The lowest BCUT2D eigenvalue weighted by Gasteiger charge is -2.18. The molecule has 0 saturated carbocycles. The van der Waals surface area contributed by atoms with Crippen molar-refractivity contribution in [1.29, 1.82) is 0 Å². The Labute approximate surface area is 235 Å². The highest BCUT2D eigenvalue weighted by Gasteiger charge is 2.32. The van der Waals surface area contributed by atoms with Crippen molar-refractivity contribution in [2.75, 3.05) is 5.32 Å². The van der Waals surface area contributed by atoms with Gasteiger partial charge in [-0.15, -0.1) is 0 Å². The Hall–Kier alpha value is -4.21. The van der Waals surface area contributed by atoms with Crippen LogP contribution < -0.4 is 10.9 Å². The third kappa shape index (κ3) is 5.17. The zero-order valence-corrected chi connectivity index (χ0v) is 23.3. The number of rotatable bonds is 6. The summed E-state index contributed by atoms with van der Waals surface area (Å²) >= 11 is 6.67. The number of nitrogens with zero attached hydrogens (tertiary/aromatic N) is 4. The van der Waals surface area contributed by atoms with Crippen LogP contribution in [0.3, 0.4) is 0 Å². The molecule has 0 unspecified atom stereocenters. The first kappa shape index (κ1) is 27.4. The molecule has 1 aliphatic carbocycles. The Morgan fingerprint density at radius 3 is 2.58 bits per heavy atom. The van der Waals surface area contributed by atoms with E-state index in [1.54, 1.807) is 55.1 Å². The van der Waals surface area contributed by atoms with E-state index in [1.807, 2.05) is 26.0 Å². The van der Waals surface area contributed by atoms with Crippen LogP contribution in [-0.2, 0) is 10.4 Å². The molecule has 0 saturated heterocycles. The number of pyridine rings is 2. The number of amides is 1. The number of anilines is 1. The largest absolute Gasteiger partial charge is 0.382 e. The smallest absolute Gasteiger partial charge is 0.274 e. The van der Waals surface area contributed by atoms with Gasteiger partial charge >= 0.3 is 0 Å². The highest BCUT2D eigenvalue weighted by atomic mass is 35.5. The molecule has 1 aliphatic rings. The summed E-state index contributed by atoms with van der Waals surface area (Å²) in [5.74, 6) is -0.850. The number of aryl methyl sites for hydroxylation is 2. The van der Waals surface area contributed by atoms with Gasteiger partial charge in [0.15, 0.2) is 5.82 Å². The van der Waals surface area contributed by atoms with Gasteiger partial charge in [-0.1, -0.05) is 23.7 Å². The highest BCUT2D eigenvalue weighted by molar-refractivity contribution is 6.31. The molecular formula is C30H27ClFN5O3. The van der Waals surface area contributed by atoms with E-state index in [-0.39, 0.29) is 33.9 Å². The first-order chi connectivity index (χ1) is 18.8. The molecule has 5 rings (SSSR count). The number of carbonyl (C=O) groups is 1. The van der Waals surface area contributed by atoms with Gasteiger partial charge < -0.3 is 10.4 Å². The minimum Gasteiger partial charge on any atom is -0.382 e. The molecule has 3 aromatic heterocycles. The quantitative estimate of drug-likeness (QED) is 0.324. The summed E-state index contributed by atoms with van der Waals surface area (Å²) < 4.78 is 15.7. The third-order valence-electron chi connectivity index (χ3n) is 6.66. The molecule has 0 fully saturated rings. The van der Waals surface area contributed by atoms with Gasteiger partial charge in [-0.3, -0.25) is 19.1 Å². The monoisotopic (exact) mass is 559 g/mol.